The SMILES string of the molecule is Cc1cc(C)cc(-n2nc(C(=O)NCCN(C)C)c(=O)n(Cc3ccccc3)c2=O)c1. The van der Waals surface area contributed by atoms with Gasteiger partial charge in [0.1, 0.15) is 0 Å². The fourth-order valence-electron chi connectivity index (χ4n) is 3.28. The predicted molar refractivity (Wildman–Crippen MR) is 120 cm³/mol. The van der Waals surface area contributed by atoms with Crippen LogP contribution in [0.5, 0.6) is 0 Å². The minimum atomic E-state index is -0.711. The number of nitrogens with zero attached hydrogens (tertiary/aromatic N) is 4. The smallest absolute Gasteiger partial charge is 0.349 e. The van der Waals surface area contributed by atoms with Gasteiger partial charge in [0.05, 0.1) is 12.2 Å². The number of amides is 1. The first kappa shape index (κ1) is 22.2. The number of aromatic nitrogens is 3. The molecule has 3 rings (SSSR count). The van der Waals surface area contributed by atoms with Gasteiger partial charge in [-0.15, -0.1) is 0 Å². The second kappa shape index (κ2) is 9.53. The fourth-order valence-corrected chi connectivity index (χ4v) is 3.28. The van der Waals surface area contributed by atoms with Gasteiger partial charge < -0.3 is 10.2 Å². The standard InChI is InChI=1S/C23H27N5O3/c1-16-12-17(2)14-19(13-16)28-23(31)27(15-18-8-6-5-7-9-18)22(30)20(25-28)21(29)24-10-11-26(3)4/h5-9,12-14H,10-11,15H2,1-4H3,(H,24,29). The van der Waals surface area contributed by atoms with Crippen LogP contribution in [0.4, 0.5) is 0 Å². The van der Waals surface area contributed by atoms with Gasteiger partial charge in [-0.25, -0.2) is 4.79 Å². The van der Waals surface area contributed by atoms with Crippen LogP contribution >= 0.6 is 0 Å². The molecule has 0 aliphatic carbocycles. The maximum Gasteiger partial charge on any atom is 0.352 e. The van der Waals surface area contributed by atoms with Gasteiger partial charge in [-0.05, 0) is 56.8 Å². The summed E-state index contributed by atoms with van der Waals surface area (Å²) in [4.78, 5) is 41.0. The Labute approximate surface area is 180 Å². The van der Waals surface area contributed by atoms with E-state index in [-0.39, 0.29) is 12.2 Å². The number of likely N-dealkylation sites (N-methyl/N-ethyl adjacent to an activating group) is 1. The first-order valence-electron chi connectivity index (χ1n) is 10.1. The van der Waals surface area contributed by atoms with Gasteiger partial charge in [-0.2, -0.15) is 9.78 Å². The second-order valence-electron chi connectivity index (χ2n) is 7.82. The molecule has 0 saturated carbocycles. The molecule has 1 amide bonds. The van der Waals surface area contributed by atoms with E-state index in [1.807, 2.05) is 69.2 Å². The Kier molecular flexibility index (Phi) is 6.81. The minimum absolute atomic E-state index is 0.0454. The molecule has 2 aromatic carbocycles. The number of carbonyl (C=O) groups is 1. The molecule has 0 unspecified atom stereocenters. The van der Waals surface area contributed by atoms with Gasteiger partial charge in [0.25, 0.3) is 11.5 Å². The Morgan fingerprint density at radius 1 is 1.03 bits per heavy atom. The van der Waals surface area contributed by atoms with Crippen LogP contribution in [0.3, 0.4) is 0 Å². The first-order valence-corrected chi connectivity index (χ1v) is 10.1. The third kappa shape index (κ3) is 5.35. The average Bonchev–Trinajstić information content (AvgIpc) is 2.71. The highest BCUT2D eigenvalue weighted by Gasteiger charge is 2.20. The predicted octanol–water partition coefficient (Wildman–Crippen LogP) is 1.35. The third-order valence-electron chi connectivity index (χ3n) is 4.75. The lowest BCUT2D eigenvalue weighted by Crippen LogP contribution is -2.46. The van der Waals surface area contributed by atoms with Crippen molar-refractivity contribution in [3.05, 3.63) is 91.8 Å². The molecule has 0 aliphatic rings. The van der Waals surface area contributed by atoms with Gasteiger partial charge in [0.15, 0.2) is 0 Å². The van der Waals surface area contributed by atoms with Crippen molar-refractivity contribution in [3.8, 4) is 5.69 Å². The molecular weight excluding hydrogens is 394 g/mol. The van der Waals surface area contributed by atoms with Gasteiger partial charge >= 0.3 is 5.69 Å². The van der Waals surface area contributed by atoms with Crippen molar-refractivity contribution in [2.75, 3.05) is 27.2 Å². The highest BCUT2D eigenvalue weighted by molar-refractivity contribution is 5.91. The second-order valence-corrected chi connectivity index (χ2v) is 7.82. The molecule has 0 radical (unpaired) electrons. The van der Waals surface area contributed by atoms with Gasteiger partial charge in [0, 0.05) is 13.1 Å². The highest BCUT2D eigenvalue weighted by Crippen LogP contribution is 2.11. The molecule has 0 spiro atoms. The number of hydrogen-bond acceptors (Lipinski definition) is 5. The van der Waals surface area contributed by atoms with E-state index in [0.717, 1.165) is 25.9 Å². The lowest BCUT2D eigenvalue weighted by atomic mass is 10.1. The summed E-state index contributed by atoms with van der Waals surface area (Å²) in [6.45, 7) is 4.84. The normalized spacial score (nSPS) is 11.0. The van der Waals surface area contributed by atoms with E-state index >= 15 is 0 Å². The van der Waals surface area contributed by atoms with Crippen molar-refractivity contribution in [1.29, 1.82) is 0 Å². The highest BCUT2D eigenvalue weighted by atomic mass is 16.2. The van der Waals surface area contributed by atoms with E-state index in [9.17, 15) is 14.4 Å². The monoisotopic (exact) mass is 421 g/mol. The van der Waals surface area contributed by atoms with Crippen LogP contribution in [0.25, 0.3) is 5.69 Å². The number of nitrogens with one attached hydrogen (secondary N) is 1. The minimum Gasteiger partial charge on any atom is -0.349 e. The molecule has 162 valence electrons. The maximum atomic E-state index is 13.2. The van der Waals surface area contributed by atoms with Crippen LogP contribution in [-0.2, 0) is 6.54 Å². The topological polar surface area (TPSA) is 89.2 Å². The molecule has 0 fully saturated rings. The van der Waals surface area contributed by atoms with Crippen molar-refractivity contribution < 1.29 is 4.79 Å². The quantitative estimate of drug-likeness (QED) is 0.622. The summed E-state index contributed by atoms with van der Waals surface area (Å²) in [5, 5.41) is 6.88. The van der Waals surface area contributed by atoms with Gasteiger partial charge in [-0.1, -0.05) is 36.4 Å². The Bertz CT molecular complexity index is 1180. The Morgan fingerprint density at radius 3 is 2.29 bits per heavy atom. The van der Waals surface area contributed by atoms with Gasteiger partial charge in [0.2, 0.25) is 5.69 Å². The summed E-state index contributed by atoms with van der Waals surface area (Å²) in [6.07, 6.45) is 0. The third-order valence-corrected chi connectivity index (χ3v) is 4.75. The van der Waals surface area contributed by atoms with Crippen molar-refractivity contribution >= 4 is 5.91 Å². The van der Waals surface area contributed by atoms with Crippen LogP contribution < -0.4 is 16.6 Å². The average molecular weight is 422 g/mol. The molecule has 31 heavy (non-hydrogen) atoms. The molecule has 1 N–H and O–H groups in total. The lowest BCUT2D eigenvalue weighted by Gasteiger charge is -2.14. The molecule has 8 heteroatoms. The first-order chi connectivity index (χ1) is 14.8. The van der Waals surface area contributed by atoms with Crippen LogP contribution in [0.2, 0.25) is 0 Å². The van der Waals surface area contributed by atoms with Crippen LogP contribution in [0, 0.1) is 13.8 Å². The zero-order valence-electron chi connectivity index (χ0n) is 18.3. The summed E-state index contributed by atoms with van der Waals surface area (Å²) in [5.41, 5.74) is 1.56. The Balaban J connectivity index is 2.14. The van der Waals surface area contributed by atoms with Crippen molar-refractivity contribution in [3.63, 3.8) is 0 Å². The van der Waals surface area contributed by atoms with E-state index in [1.54, 1.807) is 12.1 Å². The fraction of sp³-hybridized carbons (Fsp3) is 0.304. The molecule has 0 bridgehead atoms. The van der Waals surface area contributed by atoms with E-state index in [4.69, 9.17) is 0 Å². The zero-order chi connectivity index (χ0) is 22.5. The number of carbonyl (C=O) groups excluding carboxylic acids is 1. The summed E-state index contributed by atoms with van der Waals surface area (Å²) in [7, 11) is 3.77. The van der Waals surface area contributed by atoms with Crippen LogP contribution in [-0.4, -0.2) is 52.3 Å². The molecule has 0 aliphatic heterocycles. The summed E-state index contributed by atoms with van der Waals surface area (Å²) >= 11 is 0. The largest absolute Gasteiger partial charge is 0.352 e. The Hall–Kier alpha value is -3.52. The van der Waals surface area contributed by atoms with Crippen molar-refractivity contribution in [1.82, 2.24) is 24.6 Å². The number of rotatable bonds is 7. The molecule has 1 heterocycles. The summed E-state index contributed by atoms with van der Waals surface area (Å²) in [5.74, 6) is -0.605. The van der Waals surface area contributed by atoms with Crippen molar-refractivity contribution in [2.24, 2.45) is 0 Å². The van der Waals surface area contributed by atoms with E-state index < -0.39 is 17.2 Å². The Morgan fingerprint density at radius 2 is 1.68 bits per heavy atom. The molecule has 8 nitrogen and oxygen atoms in total. The number of aryl methyl sites for hydroxylation is 2. The van der Waals surface area contributed by atoms with E-state index in [1.165, 1.54) is 0 Å². The van der Waals surface area contributed by atoms with Crippen molar-refractivity contribution in [2.45, 2.75) is 20.4 Å². The number of hydrogen-bond donors (Lipinski definition) is 1. The number of benzene rings is 2. The van der Waals surface area contributed by atoms with E-state index in [0.29, 0.717) is 18.8 Å². The summed E-state index contributed by atoms with van der Waals surface area (Å²) in [6, 6.07) is 14.7. The molecular formula is C23H27N5O3. The maximum absolute atomic E-state index is 13.2. The van der Waals surface area contributed by atoms with Gasteiger partial charge in [-0.3, -0.25) is 14.2 Å². The van der Waals surface area contributed by atoms with Crippen LogP contribution in [0.1, 0.15) is 27.2 Å². The summed E-state index contributed by atoms with van der Waals surface area (Å²) < 4.78 is 2.19. The molecule has 1 aromatic heterocycles. The lowest BCUT2D eigenvalue weighted by molar-refractivity contribution is 0.0941. The molecule has 0 saturated heterocycles. The van der Waals surface area contributed by atoms with Crippen LogP contribution in [0.15, 0.2) is 58.1 Å². The molecule has 3 aromatic rings. The molecule has 0 atom stereocenters. The van der Waals surface area contributed by atoms with E-state index in [2.05, 4.69) is 10.4 Å². The zero-order valence-corrected chi connectivity index (χ0v) is 18.3.